The lowest BCUT2D eigenvalue weighted by Crippen LogP contribution is -2.41. The number of nitrogens with two attached hydrogens (primary N) is 1. The number of likely N-dealkylation sites (tertiary alicyclic amines) is 1. The molecule has 6 rings (SSSR count). The number of fused-ring (bicyclic) bond motifs is 2. The molecule has 0 radical (unpaired) electrons. The Hall–Kier alpha value is -4.26. The molecule has 0 aromatic carbocycles. The molecule has 34 heavy (non-hydrogen) atoms. The van der Waals surface area contributed by atoms with Gasteiger partial charge in [-0.3, -0.25) is 4.79 Å². The summed E-state index contributed by atoms with van der Waals surface area (Å²) in [5, 5.41) is 16.1. The molecule has 10 nitrogen and oxygen atoms in total. The second kappa shape index (κ2) is 7.95. The third-order valence-corrected chi connectivity index (χ3v) is 6.60. The summed E-state index contributed by atoms with van der Waals surface area (Å²) in [6, 6.07) is 5.98. The number of aromatic nitrogens is 6. The molecule has 2 fully saturated rings. The Balaban J connectivity index is 1.38. The van der Waals surface area contributed by atoms with Crippen LogP contribution in [0.4, 0.5) is 5.82 Å². The lowest BCUT2D eigenvalue weighted by Gasteiger charge is -2.32. The number of nitrogens with zero attached hydrogens (tertiary/aromatic N) is 7. The van der Waals surface area contributed by atoms with Gasteiger partial charge in [-0.1, -0.05) is 6.08 Å². The van der Waals surface area contributed by atoms with Crippen molar-refractivity contribution in [3.63, 3.8) is 0 Å². The predicted octanol–water partition coefficient (Wildman–Crippen LogP) is 2.98. The van der Waals surface area contributed by atoms with Crippen molar-refractivity contribution in [2.75, 3.05) is 18.8 Å². The molecule has 4 aromatic rings. The van der Waals surface area contributed by atoms with Gasteiger partial charge < -0.3 is 15.6 Å². The number of nitrogen functional groups attached to an aromatic ring is 1. The number of H-pyrrole nitrogens is 1. The second-order valence-electron chi connectivity index (χ2n) is 8.97. The fourth-order valence-electron chi connectivity index (χ4n) is 4.69. The molecule has 4 aromatic heterocycles. The number of nitriles is 1. The Morgan fingerprint density at radius 1 is 1.26 bits per heavy atom. The van der Waals surface area contributed by atoms with E-state index in [1.54, 1.807) is 11.1 Å². The van der Waals surface area contributed by atoms with Gasteiger partial charge in [0.05, 0.1) is 11.4 Å². The summed E-state index contributed by atoms with van der Waals surface area (Å²) in [4.78, 5) is 31.1. The summed E-state index contributed by atoms with van der Waals surface area (Å²) >= 11 is 0. The first-order valence-electron chi connectivity index (χ1n) is 11.5. The molecule has 1 aliphatic carbocycles. The van der Waals surface area contributed by atoms with E-state index in [4.69, 9.17) is 10.8 Å². The van der Waals surface area contributed by atoms with E-state index in [1.165, 1.54) is 6.33 Å². The van der Waals surface area contributed by atoms with Crippen LogP contribution in [0.25, 0.3) is 33.3 Å². The maximum absolute atomic E-state index is 13.1. The van der Waals surface area contributed by atoms with E-state index in [9.17, 15) is 10.1 Å². The molecule has 1 aliphatic heterocycles. The topological polar surface area (TPSA) is 142 Å². The van der Waals surface area contributed by atoms with Crippen molar-refractivity contribution < 1.29 is 4.79 Å². The van der Waals surface area contributed by atoms with Gasteiger partial charge in [0.15, 0.2) is 5.65 Å². The second-order valence-corrected chi connectivity index (χ2v) is 8.97. The van der Waals surface area contributed by atoms with E-state index in [0.717, 1.165) is 42.3 Å². The van der Waals surface area contributed by atoms with Crippen molar-refractivity contribution in [1.29, 1.82) is 5.26 Å². The van der Waals surface area contributed by atoms with Crippen LogP contribution in [0.15, 0.2) is 42.5 Å². The van der Waals surface area contributed by atoms with E-state index < -0.39 is 0 Å². The monoisotopic (exact) mass is 453 g/mol. The lowest BCUT2D eigenvalue weighted by atomic mass is 10.0. The fraction of sp³-hybridized carbons (Fsp3) is 0.333. The molecule has 1 amide bonds. The SMILES string of the molecule is N#C/C(=C\C1CC1)C(=O)N1CCC[C@@H](n2nc(-c3cnc4[nH]ccc4c3)c3c(N)ncnc32)C1. The van der Waals surface area contributed by atoms with Crippen LogP contribution in [-0.4, -0.2) is 53.6 Å². The third kappa shape index (κ3) is 3.46. The molecule has 1 saturated carbocycles. The van der Waals surface area contributed by atoms with Crippen LogP contribution in [0.1, 0.15) is 31.7 Å². The number of rotatable bonds is 4. The van der Waals surface area contributed by atoms with Crippen molar-refractivity contribution in [2.45, 2.75) is 31.7 Å². The van der Waals surface area contributed by atoms with Crippen LogP contribution in [0.5, 0.6) is 0 Å². The summed E-state index contributed by atoms with van der Waals surface area (Å²) in [5.41, 5.74) is 9.43. The minimum atomic E-state index is -0.202. The molecule has 0 spiro atoms. The molecule has 0 bridgehead atoms. The molecule has 170 valence electrons. The van der Waals surface area contributed by atoms with E-state index in [1.807, 2.05) is 29.1 Å². The van der Waals surface area contributed by atoms with Crippen LogP contribution in [0, 0.1) is 17.2 Å². The van der Waals surface area contributed by atoms with Gasteiger partial charge in [0.2, 0.25) is 0 Å². The van der Waals surface area contributed by atoms with Crippen molar-refractivity contribution in [1.82, 2.24) is 34.6 Å². The Kier molecular flexibility index (Phi) is 4.76. The molecule has 1 saturated heterocycles. The number of carbonyl (C=O) groups is 1. The smallest absolute Gasteiger partial charge is 0.264 e. The number of piperidine rings is 1. The average Bonchev–Trinajstić information content (AvgIpc) is 3.40. The number of hydrogen-bond donors (Lipinski definition) is 2. The molecule has 2 aliphatic rings. The molecular formula is C24H23N9O. The highest BCUT2D eigenvalue weighted by atomic mass is 16.2. The highest BCUT2D eigenvalue weighted by Gasteiger charge is 2.31. The molecular weight excluding hydrogens is 430 g/mol. The Labute approximate surface area is 195 Å². The van der Waals surface area contributed by atoms with Gasteiger partial charge in [-0.25, -0.2) is 19.6 Å². The highest BCUT2D eigenvalue weighted by Crippen LogP contribution is 2.35. The highest BCUT2D eigenvalue weighted by molar-refractivity contribution is 5.99. The van der Waals surface area contributed by atoms with Gasteiger partial charge in [0.25, 0.3) is 5.91 Å². The Morgan fingerprint density at radius 3 is 2.97 bits per heavy atom. The quantitative estimate of drug-likeness (QED) is 0.357. The summed E-state index contributed by atoms with van der Waals surface area (Å²) in [7, 11) is 0. The molecule has 10 heteroatoms. The maximum Gasteiger partial charge on any atom is 0.264 e. The van der Waals surface area contributed by atoms with E-state index >= 15 is 0 Å². The molecule has 1 atom stereocenters. The molecule has 3 N–H and O–H groups in total. The van der Waals surface area contributed by atoms with Gasteiger partial charge in [-0.05, 0) is 43.7 Å². The van der Waals surface area contributed by atoms with Gasteiger partial charge in [-0.15, -0.1) is 0 Å². The summed E-state index contributed by atoms with van der Waals surface area (Å²) in [6.45, 7) is 1.08. The summed E-state index contributed by atoms with van der Waals surface area (Å²) < 4.78 is 1.86. The van der Waals surface area contributed by atoms with Crippen molar-refractivity contribution >= 4 is 33.8 Å². The number of nitrogens with one attached hydrogen (secondary N) is 1. The molecule has 5 heterocycles. The Bertz CT molecular complexity index is 1490. The van der Waals surface area contributed by atoms with E-state index in [2.05, 4.69) is 26.0 Å². The number of anilines is 1. The predicted molar refractivity (Wildman–Crippen MR) is 126 cm³/mol. The largest absolute Gasteiger partial charge is 0.383 e. The zero-order valence-corrected chi connectivity index (χ0v) is 18.5. The van der Waals surface area contributed by atoms with Crippen LogP contribution in [-0.2, 0) is 4.79 Å². The third-order valence-electron chi connectivity index (χ3n) is 6.60. The lowest BCUT2D eigenvalue weighted by molar-refractivity contribution is -0.128. The normalized spacial score (nSPS) is 19.0. The molecule has 0 unspecified atom stereocenters. The number of amides is 1. The van der Waals surface area contributed by atoms with E-state index in [0.29, 0.717) is 41.6 Å². The number of allylic oxidation sites excluding steroid dienone is 1. The number of hydrogen-bond acceptors (Lipinski definition) is 7. The van der Waals surface area contributed by atoms with E-state index in [-0.39, 0.29) is 17.5 Å². The first-order valence-corrected chi connectivity index (χ1v) is 11.5. The fourth-order valence-corrected chi connectivity index (χ4v) is 4.69. The first kappa shape index (κ1) is 20.4. The minimum Gasteiger partial charge on any atom is -0.383 e. The van der Waals surface area contributed by atoms with Gasteiger partial charge in [-0.2, -0.15) is 10.4 Å². The number of pyridine rings is 1. The summed E-state index contributed by atoms with van der Waals surface area (Å²) in [5.74, 6) is 0.512. The average molecular weight is 454 g/mol. The van der Waals surface area contributed by atoms with Crippen molar-refractivity contribution in [3.8, 4) is 17.3 Å². The zero-order chi connectivity index (χ0) is 23.2. The minimum absolute atomic E-state index is 0.0898. The van der Waals surface area contributed by atoms with Crippen LogP contribution in [0.3, 0.4) is 0 Å². The van der Waals surface area contributed by atoms with Crippen molar-refractivity contribution in [2.24, 2.45) is 5.92 Å². The summed E-state index contributed by atoms with van der Waals surface area (Å²) in [6.07, 6.45) is 10.6. The van der Waals surface area contributed by atoms with Gasteiger partial charge >= 0.3 is 0 Å². The Morgan fingerprint density at radius 2 is 2.15 bits per heavy atom. The van der Waals surface area contributed by atoms with Gasteiger partial charge in [0.1, 0.15) is 35.1 Å². The van der Waals surface area contributed by atoms with Crippen molar-refractivity contribution in [3.05, 3.63) is 42.5 Å². The maximum atomic E-state index is 13.1. The van der Waals surface area contributed by atoms with Crippen LogP contribution in [0.2, 0.25) is 0 Å². The van der Waals surface area contributed by atoms with Gasteiger partial charge in [0, 0.05) is 36.4 Å². The standard InChI is InChI=1S/C24H23N9O/c25-10-16(8-14-3-4-14)24(34)32-7-1-2-18(12-32)33-23-19(21(26)29-13-30-23)20(31-33)17-9-15-5-6-27-22(15)28-11-17/h5-6,8-9,11,13-14,18H,1-4,7,12H2,(H,27,28)(H2,26,29,30)/b16-8+/t18-/m1/s1. The number of aromatic amines is 1. The van der Waals surface area contributed by atoms with Crippen LogP contribution < -0.4 is 5.73 Å². The van der Waals surface area contributed by atoms with Crippen LogP contribution >= 0.6 is 0 Å². The zero-order valence-electron chi connectivity index (χ0n) is 18.5. The first-order chi connectivity index (χ1) is 16.6. The number of carbonyl (C=O) groups excluding carboxylic acids is 1.